The van der Waals surface area contributed by atoms with Crippen LogP contribution in [0.2, 0.25) is 0 Å². The van der Waals surface area contributed by atoms with E-state index in [1.807, 2.05) is 27.7 Å². The standard InChI is InChI=1S/C10H22N2O2/c1-7(6-13)8(2)12-9(14)5-10(3,4)11/h7-8,13H,5-6,11H2,1-4H3,(H,12,14). The lowest BCUT2D eigenvalue weighted by Gasteiger charge is -2.22. The van der Waals surface area contributed by atoms with E-state index in [1.54, 1.807) is 0 Å². The molecule has 0 radical (unpaired) electrons. The van der Waals surface area contributed by atoms with Crippen molar-refractivity contribution in [3.8, 4) is 0 Å². The molecular weight excluding hydrogens is 180 g/mol. The van der Waals surface area contributed by atoms with Crippen LogP contribution in [0.3, 0.4) is 0 Å². The Kier molecular flexibility index (Phi) is 5.08. The molecule has 0 aliphatic carbocycles. The average molecular weight is 202 g/mol. The lowest BCUT2D eigenvalue weighted by molar-refractivity contribution is -0.123. The third kappa shape index (κ3) is 5.94. The maximum atomic E-state index is 11.4. The van der Waals surface area contributed by atoms with E-state index < -0.39 is 5.54 Å². The summed E-state index contributed by atoms with van der Waals surface area (Å²) >= 11 is 0. The number of hydrogen-bond donors (Lipinski definition) is 3. The van der Waals surface area contributed by atoms with Gasteiger partial charge in [-0.05, 0) is 26.7 Å². The Bertz CT molecular complexity index is 187. The fourth-order valence-electron chi connectivity index (χ4n) is 1.02. The predicted molar refractivity (Wildman–Crippen MR) is 56.7 cm³/mol. The van der Waals surface area contributed by atoms with Crippen LogP contribution in [0.25, 0.3) is 0 Å². The molecule has 2 unspecified atom stereocenters. The van der Waals surface area contributed by atoms with Gasteiger partial charge in [0.05, 0.1) is 0 Å². The fraction of sp³-hybridized carbons (Fsp3) is 0.900. The van der Waals surface area contributed by atoms with Gasteiger partial charge in [-0.3, -0.25) is 4.79 Å². The van der Waals surface area contributed by atoms with Gasteiger partial charge in [0, 0.05) is 24.6 Å². The molecule has 0 saturated carbocycles. The van der Waals surface area contributed by atoms with Gasteiger partial charge in [0.1, 0.15) is 0 Å². The van der Waals surface area contributed by atoms with E-state index >= 15 is 0 Å². The molecule has 0 aliphatic rings. The van der Waals surface area contributed by atoms with Crippen LogP contribution in [0.5, 0.6) is 0 Å². The van der Waals surface area contributed by atoms with Crippen molar-refractivity contribution in [3.05, 3.63) is 0 Å². The summed E-state index contributed by atoms with van der Waals surface area (Å²) in [4.78, 5) is 11.4. The summed E-state index contributed by atoms with van der Waals surface area (Å²) < 4.78 is 0. The maximum Gasteiger partial charge on any atom is 0.222 e. The number of nitrogens with two attached hydrogens (primary N) is 1. The molecule has 0 aliphatic heterocycles. The molecule has 4 nitrogen and oxygen atoms in total. The monoisotopic (exact) mass is 202 g/mol. The normalized spacial score (nSPS) is 16.1. The molecule has 0 rings (SSSR count). The first kappa shape index (κ1) is 13.4. The first-order valence-corrected chi connectivity index (χ1v) is 4.95. The summed E-state index contributed by atoms with van der Waals surface area (Å²) in [5.74, 6) is 0.00476. The second-order valence-corrected chi connectivity index (χ2v) is 4.68. The van der Waals surface area contributed by atoms with Crippen LogP contribution in [-0.4, -0.2) is 29.2 Å². The molecule has 4 N–H and O–H groups in total. The molecular formula is C10H22N2O2. The summed E-state index contributed by atoms with van der Waals surface area (Å²) in [5, 5.41) is 11.7. The number of nitrogens with one attached hydrogen (secondary N) is 1. The third-order valence-corrected chi connectivity index (χ3v) is 2.15. The van der Waals surface area contributed by atoms with Crippen molar-refractivity contribution in [2.24, 2.45) is 11.7 Å². The zero-order valence-corrected chi connectivity index (χ0v) is 9.50. The predicted octanol–water partition coefficient (Wildman–Crippen LogP) is 0.247. The molecule has 0 spiro atoms. The first-order chi connectivity index (χ1) is 6.26. The van der Waals surface area contributed by atoms with Crippen molar-refractivity contribution >= 4 is 5.91 Å². The molecule has 0 aromatic carbocycles. The third-order valence-electron chi connectivity index (χ3n) is 2.15. The van der Waals surface area contributed by atoms with Crippen LogP contribution in [-0.2, 0) is 4.79 Å². The minimum absolute atomic E-state index is 0.0187. The molecule has 84 valence electrons. The summed E-state index contributed by atoms with van der Waals surface area (Å²) in [6, 6.07) is -0.0187. The number of carbonyl (C=O) groups excluding carboxylic acids is 1. The Morgan fingerprint density at radius 1 is 1.50 bits per heavy atom. The summed E-state index contributed by atoms with van der Waals surface area (Å²) in [5.41, 5.74) is 5.23. The van der Waals surface area contributed by atoms with E-state index in [0.29, 0.717) is 6.42 Å². The van der Waals surface area contributed by atoms with E-state index in [0.717, 1.165) is 0 Å². The molecule has 2 atom stereocenters. The van der Waals surface area contributed by atoms with Crippen molar-refractivity contribution in [1.82, 2.24) is 5.32 Å². The number of carbonyl (C=O) groups is 1. The Morgan fingerprint density at radius 3 is 2.36 bits per heavy atom. The van der Waals surface area contributed by atoms with Crippen molar-refractivity contribution in [1.29, 1.82) is 0 Å². The van der Waals surface area contributed by atoms with E-state index in [-0.39, 0.29) is 24.5 Å². The molecule has 0 aromatic rings. The number of rotatable bonds is 5. The fourth-order valence-corrected chi connectivity index (χ4v) is 1.02. The molecule has 1 amide bonds. The highest BCUT2D eigenvalue weighted by molar-refractivity contribution is 5.77. The van der Waals surface area contributed by atoms with Gasteiger partial charge in [-0.25, -0.2) is 0 Å². The molecule has 0 fully saturated rings. The number of amides is 1. The summed E-state index contributed by atoms with van der Waals surface area (Å²) in [6.45, 7) is 7.47. The lowest BCUT2D eigenvalue weighted by Crippen LogP contribution is -2.44. The largest absolute Gasteiger partial charge is 0.396 e. The second kappa shape index (κ2) is 5.32. The zero-order valence-electron chi connectivity index (χ0n) is 9.50. The topological polar surface area (TPSA) is 75.3 Å². The lowest BCUT2D eigenvalue weighted by atomic mass is 10.0. The highest BCUT2D eigenvalue weighted by atomic mass is 16.3. The summed E-state index contributed by atoms with van der Waals surface area (Å²) in [7, 11) is 0. The maximum absolute atomic E-state index is 11.4. The van der Waals surface area contributed by atoms with Gasteiger partial charge in [-0.2, -0.15) is 0 Å². The molecule has 0 bridgehead atoms. The SMILES string of the molecule is CC(CO)C(C)NC(=O)CC(C)(C)N. The highest BCUT2D eigenvalue weighted by Crippen LogP contribution is 2.05. The Balaban J connectivity index is 3.95. The van der Waals surface area contributed by atoms with Crippen LogP contribution in [0, 0.1) is 5.92 Å². The Labute approximate surface area is 85.9 Å². The number of aliphatic hydroxyl groups excluding tert-OH is 1. The van der Waals surface area contributed by atoms with Crippen LogP contribution in [0.15, 0.2) is 0 Å². The molecule has 0 aromatic heterocycles. The minimum atomic E-state index is -0.480. The van der Waals surface area contributed by atoms with Crippen molar-refractivity contribution in [2.75, 3.05) is 6.61 Å². The van der Waals surface area contributed by atoms with E-state index in [2.05, 4.69) is 5.32 Å². The van der Waals surface area contributed by atoms with Crippen molar-refractivity contribution in [3.63, 3.8) is 0 Å². The van der Waals surface area contributed by atoms with Gasteiger partial charge < -0.3 is 16.2 Å². The molecule has 4 heteroatoms. The number of aliphatic hydroxyl groups is 1. The average Bonchev–Trinajstić information content (AvgIpc) is 1.99. The quantitative estimate of drug-likeness (QED) is 0.598. The van der Waals surface area contributed by atoms with Crippen LogP contribution >= 0.6 is 0 Å². The molecule has 0 saturated heterocycles. The minimum Gasteiger partial charge on any atom is -0.396 e. The van der Waals surface area contributed by atoms with Gasteiger partial charge in [0.25, 0.3) is 0 Å². The van der Waals surface area contributed by atoms with Crippen LogP contribution < -0.4 is 11.1 Å². The molecule has 14 heavy (non-hydrogen) atoms. The van der Waals surface area contributed by atoms with Crippen molar-refractivity contribution in [2.45, 2.75) is 45.7 Å². The summed E-state index contributed by atoms with van der Waals surface area (Å²) in [6.07, 6.45) is 0.301. The van der Waals surface area contributed by atoms with Gasteiger partial charge >= 0.3 is 0 Å². The highest BCUT2D eigenvalue weighted by Gasteiger charge is 2.19. The first-order valence-electron chi connectivity index (χ1n) is 4.95. The van der Waals surface area contributed by atoms with Crippen LogP contribution in [0.1, 0.15) is 34.1 Å². The van der Waals surface area contributed by atoms with E-state index in [4.69, 9.17) is 10.8 Å². The van der Waals surface area contributed by atoms with Gasteiger partial charge in [0.15, 0.2) is 0 Å². The van der Waals surface area contributed by atoms with Gasteiger partial charge in [0.2, 0.25) is 5.91 Å². The van der Waals surface area contributed by atoms with Gasteiger partial charge in [-0.1, -0.05) is 6.92 Å². The smallest absolute Gasteiger partial charge is 0.222 e. The second-order valence-electron chi connectivity index (χ2n) is 4.68. The number of hydrogen-bond acceptors (Lipinski definition) is 3. The van der Waals surface area contributed by atoms with Gasteiger partial charge in [-0.15, -0.1) is 0 Å². The zero-order chi connectivity index (χ0) is 11.4. The van der Waals surface area contributed by atoms with E-state index in [1.165, 1.54) is 0 Å². The Morgan fingerprint density at radius 2 is 2.00 bits per heavy atom. The Hall–Kier alpha value is -0.610. The van der Waals surface area contributed by atoms with Crippen LogP contribution in [0.4, 0.5) is 0 Å². The molecule has 0 heterocycles. The van der Waals surface area contributed by atoms with E-state index in [9.17, 15) is 4.79 Å². The van der Waals surface area contributed by atoms with Crippen molar-refractivity contribution < 1.29 is 9.90 Å².